The van der Waals surface area contributed by atoms with Crippen LogP contribution in [0.1, 0.15) is 17.3 Å². The number of fused-ring (bicyclic) bond motifs is 1. The Hall–Kier alpha value is -3.73. The first-order chi connectivity index (χ1) is 17.7. The van der Waals surface area contributed by atoms with Crippen LogP contribution in [0.15, 0.2) is 72.0 Å². The van der Waals surface area contributed by atoms with Crippen molar-refractivity contribution in [1.29, 1.82) is 0 Å². The van der Waals surface area contributed by atoms with Crippen molar-refractivity contribution in [2.45, 2.75) is 11.9 Å². The second kappa shape index (κ2) is 9.97. The number of halogens is 1. The van der Waals surface area contributed by atoms with Crippen LogP contribution < -0.4 is 4.74 Å². The summed E-state index contributed by atoms with van der Waals surface area (Å²) in [5.74, 6) is -0.903. The fourth-order valence-electron chi connectivity index (χ4n) is 4.33. The van der Waals surface area contributed by atoms with Crippen molar-refractivity contribution in [3.8, 4) is 16.9 Å². The number of amides is 1. The zero-order valence-corrected chi connectivity index (χ0v) is 21.4. The maximum atomic E-state index is 13.5. The lowest BCUT2D eigenvalue weighted by Gasteiger charge is -2.33. The first-order valence-corrected chi connectivity index (χ1v) is 13.4. The molecule has 37 heavy (non-hydrogen) atoms. The molecule has 1 N–H and O–H groups in total. The summed E-state index contributed by atoms with van der Waals surface area (Å²) in [6, 6.07) is 15.9. The third-order valence-corrected chi connectivity index (χ3v) is 8.28. The summed E-state index contributed by atoms with van der Waals surface area (Å²) >= 11 is 6.08. The number of hydrogen-bond acceptors (Lipinski definition) is 6. The number of aromatic amines is 1. The van der Waals surface area contributed by atoms with Crippen LogP contribution in [0.5, 0.6) is 5.75 Å². The Labute approximate surface area is 218 Å². The maximum absolute atomic E-state index is 13.5. The van der Waals surface area contributed by atoms with E-state index in [2.05, 4.69) is 9.97 Å². The first kappa shape index (κ1) is 24.9. The van der Waals surface area contributed by atoms with Gasteiger partial charge in [-0.3, -0.25) is 14.6 Å². The summed E-state index contributed by atoms with van der Waals surface area (Å²) in [6.45, 7) is 1.84. The van der Waals surface area contributed by atoms with Gasteiger partial charge in [-0.1, -0.05) is 23.7 Å². The predicted molar refractivity (Wildman–Crippen MR) is 139 cm³/mol. The number of rotatable bonds is 5. The van der Waals surface area contributed by atoms with E-state index < -0.39 is 16.0 Å². The molecular weight excluding hydrogens is 516 g/mol. The first-order valence-electron chi connectivity index (χ1n) is 11.5. The number of piperazine rings is 1. The average Bonchev–Trinajstić information content (AvgIpc) is 3.26. The molecule has 0 bridgehead atoms. The number of carbonyl (C=O) groups excluding carboxylic acids is 2. The highest BCUT2D eigenvalue weighted by Crippen LogP contribution is 2.36. The van der Waals surface area contributed by atoms with E-state index in [4.69, 9.17) is 16.3 Å². The monoisotopic (exact) mass is 538 g/mol. The molecule has 0 aliphatic carbocycles. The second-order valence-electron chi connectivity index (χ2n) is 8.58. The number of benzene rings is 2. The van der Waals surface area contributed by atoms with Crippen LogP contribution in [0.25, 0.3) is 22.0 Å². The van der Waals surface area contributed by atoms with Crippen LogP contribution in [0.2, 0.25) is 5.02 Å². The number of nitrogens with one attached hydrogen (secondary N) is 1. The summed E-state index contributed by atoms with van der Waals surface area (Å²) in [5, 5.41) is 0.557. The van der Waals surface area contributed by atoms with Crippen molar-refractivity contribution >= 4 is 44.4 Å². The number of aromatic nitrogens is 2. The molecule has 1 amide bonds. The lowest BCUT2D eigenvalue weighted by atomic mass is 10.0. The molecule has 9 nitrogen and oxygen atoms in total. The Morgan fingerprint density at radius 1 is 0.946 bits per heavy atom. The van der Waals surface area contributed by atoms with Gasteiger partial charge >= 0.3 is 5.97 Å². The molecular formula is C26H23ClN4O5S. The minimum atomic E-state index is -4.05. The van der Waals surface area contributed by atoms with Crippen LogP contribution in [0.4, 0.5) is 0 Å². The zero-order chi connectivity index (χ0) is 26.2. The van der Waals surface area contributed by atoms with Gasteiger partial charge in [-0.05, 0) is 53.6 Å². The van der Waals surface area contributed by atoms with Gasteiger partial charge in [0.05, 0.1) is 5.52 Å². The fraction of sp³-hybridized carbons (Fsp3) is 0.192. The molecule has 11 heteroatoms. The molecule has 5 rings (SSSR count). The van der Waals surface area contributed by atoms with Crippen LogP contribution in [-0.2, 0) is 14.8 Å². The Bertz CT molecular complexity index is 1580. The van der Waals surface area contributed by atoms with Crippen molar-refractivity contribution in [2.75, 3.05) is 26.2 Å². The maximum Gasteiger partial charge on any atom is 0.308 e. The number of pyridine rings is 1. The molecule has 190 valence electrons. The van der Waals surface area contributed by atoms with Crippen LogP contribution in [0.3, 0.4) is 0 Å². The molecule has 1 aliphatic heterocycles. The number of sulfonamides is 1. The Morgan fingerprint density at radius 3 is 2.24 bits per heavy atom. The largest absolute Gasteiger partial charge is 0.423 e. The van der Waals surface area contributed by atoms with Crippen molar-refractivity contribution in [3.63, 3.8) is 0 Å². The minimum Gasteiger partial charge on any atom is -0.423 e. The van der Waals surface area contributed by atoms with E-state index in [0.717, 1.165) is 11.1 Å². The van der Waals surface area contributed by atoms with E-state index in [-0.39, 0.29) is 42.9 Å². The summed E-state index contributed by atoms with van der Waals surface area (Å²) in [5.41, 5.74) is 2.97. The molecule has 2 aromatic heterocycles. The lowest BCUT2D eigenvalue weighted by Crippen LogP contribution is -2.50. The molecule has 2 aromatic carbocycles. The topological polar surface area (TPSA) is 113 Å². The fourth-order valence-corrected chi connectivity index (χ4v) is 6.03. The minimum absolute atomic E-state index is 0.0854. The molecule has 0 spiro atoms. The Morgan fingerprint density at radius 2 is 1.59 bits per heavy atom. The predicted octanol–water partition coefficient (Wildman–Crippen LogP) is 3.96. The van der Waals surface area contributed by atoms with Crippen LogP contribution >= 0.6 is 11.6 Å². The normalized spacial score (nSPS) is 14.6. The van der Waals surface area contributed by atoms with E-state index >= 15 is 0 Å². The molecule has 1 aliphatic rings. The van der Waals surface area contributed by atoms with Gasteiger partial charge in [0.25, 0.3) is 15.9 Å². The van der Waals surface area contributed by atoms with Gasteiger partial charge in [-0.2, -0.15) is 4.31 Å². The molecule has 1 fully saturated rings. The quantitative estimate of drug-likeness (QED) is 0.385. The molecule has 0 saturated carbocycles. The highest BCUT2D eigenvalue weighted by Gasteiger charge is 2.35. The number of H-pyrrole nitrogens is 1. The highest BCUT2D eigenvalue weighted by molar-refractivity contribution is 7.89. The van der Waals surface area contributed by atoms with Gasteiger partial charge in [0.1, 0.15) is 0 Å². The van der Waals surface area contributed by atoms with Crippen LogP contribution in [0, 0.1) is 0 Å². The number of nitrogens with zero attached hydrogens (tertiary/aromatic N) is 3. The standard InChI is InChI=1S/C26H23ClN4O5S/c1-17(32)36-24-22-16-21(27)6-7-23(22)29-25(24)37(34,35)31-14-12-30(13-15-31)26(33)20-4-2-18(3-5-20)19-8-10-28-11-9-19/h2-11,16,29H,12-15H2,1H3. The Balaban J connectivity index is 1.32. The van der Waals surface area contributed by atoms with Crippen molar-refractivity contribution in [1.82, 2.24) is 19.2 Å². The van der Waals surface area contributed by atoms with E-state index in [1.807, 2.05) is 24.3 Å². The van der Waals surface area contributed by atoms with Gasteiger partial charge in [0.15, 0.2) is 10.8 Å². The molecule has 0 atom stereocenters. The number of hydrogen-bond donors (Lipinski definition) is 1. The smallest absolute Gasteiger partial charge is 0.308 e. The van der Waals surface area contributed by atoms with E-state index in [1.54, 1.807) is 47.6 Å². The van der Waals surface area contributed by atoms with Gasteiger partial charge in [0, 0.05) is 61.5 Å². The summed E-state index contributed by atoms with van der Waals surface area (Å²) < 4.78 is 33.6. The number of carbonyl (C=O) groups is 2. The lowest BCUT2D eigenvalue weighted by molar-refractivity contribution is -0.131. The third kappa shape index (κ3) is 4.95. The van der Waals surface area contributed by atoms with Crippen molar-refractivity contribution in [2.24, 2.45) is 0 Å². The SMILES string of the molecule is CC(=O)Oc1c(S(=O)(=O)N2CCN(C(=O)c3ccc(-c4ccncc4)cc3)CC2)[nH]c2ccc(Cl)cc12. The number of esters is 1. The van der Waals surface area contributed by atoms with E-state index in [0.29, 0.717) is 21.5 Å². The molecule has 0 unspecified atom stereocenters. The van der Waals surface area contributed by atoms with Gasteiger partial charge in [0.2, 0.25) is 0 Å². The molecule has 0 radical (unpaired) electrons. The molecule has 1 saturated heterocycles. The van der Waals surface area contributed by atoms with Crippen LogP contribution in [-0.4, -0.2) is 65.6 Å². The average molecular weight is 539 g/mol. The van der Waals surface area contributed by atoms with Gasteiger partial charge in [-0.15, -0.1) is 0 Å². The summed E-state index contributed by atoms with van der Waals surface area (Å²) in [6.07, 6.45) is 3.42. The van der Waals surface area contributed by atoms with Crippen molar-refractivity contribution < 1.29 is 22.7 Å². The third-order valence-electron chi connectivity index (χ3n) is 6.20. The highest BCUT2D eigenvalue weighted by atomic mass is 35.5. The van der Waals surface area contributed by atoms with Gasteiger partial charge < -0.3 is 14.6 Å². The zero-order valence-electron chi connectivity index (χ0n) is 19.8. The molecule has 3 heterocycles. The van der Waals surface area contributed by atoms with E-state index in [1.165, 1.54) is 11.2 Å². The van der Waals surface area contributed by atoms with E-state index in [9.17, 15) is 18.0 Å². The Kier molecular flexibility index (Phi) is 6.72. The van der Waals surface area contributed by atoms with Gasteiger partial charge in [-0.25, -0.2) is 8.42 Å². The summed E-state index contributed by atoms with van der Waals surface area (Å²) in [4.78, 5) is 33.3. The van der Waals surface area contributed by atoms with Crippen molar-refractivity contribution in [3.05, 3.63) is 77.6 Å². The number of ether oxygens (including phenoxy) is 1. The second-order valence-corrected chi connectivity index (χ2v) is 10.9. The summed E-state index contributed by atoms with van der Waals surface area (Å²) in [7, 11) is -4.05. The molecule has 4 aromatic rings.